The molecular formula is C12H16ClNO. The van der Waals surface area contributed by atoms with Crippen molar-refractivity contribution in [2.24, 2.45) is 5.92 Å². The summed E-state index contributed by atoms with van der Waals surface area (Å²) in [5.41, 5.74) is 1.18. The molecule has 1 aliphatic heterocycles. The van der Waals surface area contributed by atoms with Crippen LogP contribution in [0.5, 0.6) is 5.75 Å². The summed E-state index contributed by atoms with van der Waals surface area (Å²) in [7, 11) is 1.70. The number of methoxy groups -OCH3 is 1. The molecule has 0 unspecified atom stereocenters. The minimum absolute atomic E-state index is 0.383. The van der Waals surface area contributed by atoms with Crippen molar-refractivity contribution in [1.29, 1.82) is 0 Å². The predicted molar refractivity (Wildman–Crippen MR) is 62.5 cm³/mol. The Balaban J connectivity index is 2.29. The Morgan fingerprint density at radius 3 is 2.87 bits per heavy atom. The van der Waals surface area contributed by atoms with Crippen LogP contribution >= 0.6 is 11.6 Å². The maximum atomic E-state index is 6.01. The molecule has 1 heterocycles. The molecule has 1 N–H and O–H groups in total. The maximum absolute atomic E-state index is 6.01. The lowest BCUT2D eigenvalue weighted by atomic mass is 10.0. The number of halogens is 1. The minimum atomic E-state index is 0.383. The van der Waals surface area contributed by atoms with E-state index in [1.54, 1.807) is 7.11 Å². The zero-order chi connectivity index (χ0) is 10.8. The molecule has 3 heteroatoms. The second-order valence-electron chi connectivity index (χ2n) is 4.19. The summed E-state index contributed by atoms with van der Waals surface area (Å²) in [6, 6.07) is 6.18. The third kappa shape index (κ3) is 2.27. The molecule has 2 nitrogen and oxygen atoms in total. The fraction of sp³-hybridized carbons (Fsp3) is 0.500. The molecule has 1 aliphatic rings. The van der Waals surface area contributed by atoms with Gasteiger partial charge in [-0.3, -0.25) is 0 Å². The molecule has 1 aromatic carbocycles. The van der Waals surface area contributed by atoms with Gasteiger partial charge in [0.05, 0.1) is 7.11 Å². The van der Waals surface area contributed by atoms with E-state index in [0.29, 0.717) is 6.04 Å². The highest BCUT2D eigenvalue weighted by molar-refractivity contribution is 6.30. The predicted octanol–water partition coefficient (Wildman–Crippen LogP) is 3.02. The summed E-state index contributed by atoms with van der Waals surface area (Å²) in [5.74, 6) is 1.64. The summed E-state index contributed by atoms with van der Waals surface area (Å²) in [4.78, 5) is 0. The van der Waals surface area contributed by atoms with Gasteiger partial charge in [-0.2, -0.15) is 0 Å². The zero-order valence-electron chi connectivity index (χ0n) is 9.09. The van der Waals surface area contributed by atoms with E-state index in [-0.39, 0.29) is 0 Å². The molecule has 2 rings (SSSR count). The number of hydrogen-bond donors (Lipinski definition) is 1. The minimum Gasteiger partial charge on any atom is -0.496 e. The Labute approximate surface area is 95.6 Å². The van der Waals surface area contributed by atoms with Crippen molar-refractivity contribution >= 4 is 11.6 Å². The zero-order valence-corrected chi connectivity index (χ0v) is 9.84. The highest BCUT2D eigenvalue weighted by Gasteiger charge is 2.24. The van der Waals surface area contributed by atoms with Crippen LogP contribution in [-0.4, -0.2) is 13.7 Å². The van der Waals surface area contributed by atoms with Crippen molar-refractivity contribution in [3.8, 4) is 5.75 Å². The number of rotatable bonds is 2. The summed E-state index contributed by atoms with van der Waals surface area (Å²) in [6.45, 7) is 3.32. The third-order valence-corrected chi connectivity index (χ3v) is 3.15. The summed E-state index contributed by atoms with van der Waals surface area (Å²) in [5, 5.41) is 4.26. The van der Waals surface area contributed by atoms with E-state index < -0.39 is 0 Å². The maximum Gasteiger partial charge on any atom is 0.123 e. The molecule has 0 aliphatic carbocycles. The highest BCUT2D eigenvalue weighted by atomic mass is 35.5. The van der Waals surface area contributed by atoms with Gasteiger partial charge in [-0.15, -0.1) is 0 Å². The van der Waals surface area contributed by atoms with Gasteiger partial charge < -0.3 is 10.1 Å². The molecule has 0 bridgehead atoms. The van der Waals surface area contributed by atoms with Crippen molar-refractivity contribution in [2.45, 2.75) is 19.4 Å². The van der Waals surface area contributed by atoms with Gasteiger partial charge in [0, 0.05) is 16.6 Å². The van der Waals surface area contributed by atoms with E-state index in [4.69, 9.17) is 16.3 Å². The second-order valence-corrected chi connectivity index (χ2v) is 4.62. The normalized spacial score (nSPS) is 25.5. The van der Waals surface area contributed by atoms with Gasteiger partial charge in [-0.05, 0) is 37.1 Å². The van der Waals surface area contributed by atoms with Crippen LogP contribution in [0.2, 0.25) is 5.02 Å². The molecule has 82 valence electrons. The van der Waals surface area contributed by atoms with Gasteiger partial charge in [0.2, 0.25) is 0 Å². The van der Waals surface area contributed by atoms with Crippen LogP contribution in [0.15, 0.2) is 18.2 Å². The topological polar surface area (TPSA) is 21.3 Å². The quantitative estimate of drug-likeness (QED) is 0.836. The molecule has 0 amide bonds. The molecule has 0 radical (unpaired) electrons. The van der Waals surface area contributed by atoms with E-state index in [0.717, 1.165) is 29.7 Å². The van der Waals surface area contributed by atoms with E-state index >= 15 is 0 Å². The highest BCUT2D eigenvalue weighted by Crippen LogP contribution is 2.34. The molecule has 0 saturated carbocycles. The third-order valence-electron chi connectivity index (χ3n) is 2.92. The smallest absolute Gasteiger partial charge is 0.123 e. The van der Waals surface area contributed by atoms with Gasteiger partial charge in [0.25, 0.3) is 0 Å². The van der Waals surface area contributed by atoms with Crippen LogP contribution in [0.25, 0.3) is 0 Å². The molecule has 2 atom stereocenters. The van der Waals surface area contributed by atoms with Crippen LogP contribution in [0, 0.1) is 5.92 Å². The van der Waals surface area contributed by atoms with Gasteiger partial charge in [0.1, 0.15) is 5.75 Å². The van der Waals surface area contributed by atoms with Crippen molar-refractivity contribution < 1.29 is 4.74 Å². The summed E-state index contributed by atoms with van der Waals surface area (Å²) >= 11 is 6.01. The Hall–Kier alpha value is -0.730. The average molecular weight is 226 g/mol. The van der Waals surface area contributed by atoms with Crippen molar-refractivity contribution in [2.75, 3.05) is 13.7 Å². The number of ether oxygens (including phenoxy) is 1. The lowest BCUT2D eigenvalue weighted by Gasteiger charge is -2.15. The second kappa shape index (κ2) is 4.42. The Kier molecular flexibility index (Phi) is 3.17. The lowest BCUT2D eigenvalue weighted by molar-refractivity contribution is 0.403. The van der Waals surface area contributed by atoms with Crippen LogP contribution in [0.3, 0.4) is 0 Å². The monoisotopic (exact) mass is 225 g/mol. The van der Waals surface area contributed by atoms with E-state index in [1.807, 2.05) is 18.2 Å². The fourth-order valence-corrected chi connectivity index (χ4v) is 2.31. The molecule has 1 aromatic rings. The van der Waals surface area contributed by atoms with Crippen molar-refractivity contribution in [3.05, 3.63) is 28.8 Å². The fourth-order valence-electron chi connectivity index (χ4n) is 2.13. The van der Waals surface area contributed by atoms with Gasteiger partial charge >= 0.3 is 0 Å². The molecular weight excluding hydrogens is 210 g/mol. The number of hydrogen-bond acceptors (Lipinski definition) is 2. The Morgan fingerprint density at radius 2 is 2.27 bits per heavy atom. The lowest BCUT2D eigenvalue weighted by Crippen LogP contribution is -2.14. The van der Waals surface area contributed by atoms with Gasteiger partial charge in [-0.25, -0.2) is 0 Å². The summed E-state index contributed by atoms with van der Waals surface area (Å²) in [6.07, 6.45) is 1.15. The standard InChI is InChI=1S/C12H16ClNO/c1-8-5-11(14-7-8)10-6-9(13)3-4-12(10)15-2/h3-4,6,8,11,14H,5,7H2,1-2H3/t8-,11-/m0/s1. The SMILES string of the molecule is COc1ccc(Cl)cc1[C@@H]1C[C@H](C)CN1. The molecule has 1 fully saturated rings. The Bertz CT molecular complexity index is 353. The van der Waals surface area contributed by atoms with Crippen LogP contribution in [0.4, 0.5) is 0 Å². The van der Waals surface area contributed by atoms with Gasteiger partial charge in [-0.1, -0.05) is 18.5 Å². The van der Waals surface area contributed by atoms with Crippen molar-refractivity contribution in [1.82, 2.24) is 5.32 Å². The van der Waals surface area contributed by atoms with E-state index in [1.165, 1.54) is 5.56 Å². The van der Waals surface area contributed by atoms with Crippen LogP contribution in [-0.2, 0) is 0 Å². The first-order valence-electron chi connectivity index (χ1n) is 5.27. The number of nitrogens with one attached hydrogen (secondary N) is 1. The first-order chi connectivity index (χ1) is 7.20. The Morgan fingerprint density at radius 1 is 1.47 bits per heavy atom. The molecule has 1 saturated heterocycles. The summed E-state index contributed by atoms with van der Waals surface area (Å²) < 4.78 is 5.35. The van der Waals surface area contributed by atoms with E-state index in [9.17, 15) is 0 Å². The van der Waals surface area contributed by atoms with Crippen LogP contribution in [0.1, 0.15) is 24.9 Å². The molecule has 15 heavy (non-hydrogen) atoms. The van der Waals surface area contributed by atoms with Crippen LogP contribution < -0.4 is 10.1 Å². The number of benzene rings is 1. The van der Waals surface area contributed by atoms with Gasteiger partial charge in [0.15, 0.2) is 0 Å². The molecule has 0 aromatic heterocycles. The van der Waals surface area contributed by atoms with E-state index in [2.05, 4.69) is 12.2 Å². The van der Waals surface area contributed by atoms with Crippen molar-refractivity contribution in [3.63, 3.8) is 0 Å². The first-order valence-corrected chi connectivity index (χ1v) is 5.65. The first kappa shape index (κ1) is 10.8. The largest absolute Gasteiger partial charge is 0.496 e. The average Bonchev–Trinajstić information content (AvgIpc) is 2.65. The molecule has 0 spiro atoms.